The van der Waals surface area contributed by atoms with Gasteiger partial charge in [0.1, 0.15) is 17.5 Å². The minimum Gasteiger partial charge on any atom is -0.492 e. The number of carbonyl (C=O) groups is 1. The molecule has 1 aliphatic heterocycles. The lowest BCUT2D eigenvalue weighted by molar-refractivity contribution is -0.150. The number of benzene rings is 2. The first-order valence-electron chi connectivity index (χ1n) is 12.1. The second-order valence-corrected chi connectivity index (χ2v) is 8.56. The van der Waals surface area contributed by atoms with Gasteiger partial charge in [0.25, 0.3) is 0 Å². The molecule has 2 unspecified atom stereocenters. The number of carbonyl (C=O) groups excluding carboxylic acids is 1. The number of rotatable bonds is 9. The van der Waals surface area contributed by atoms with Crippen molar-refractivity contribution in [3.05, 3.63) is 54.2 Å². The largest absolute Gasteiger partial charge is 0.492 e. The summed E-state index contributed by atoms with van der Waals surface area (Å²) in [5.74, 6) is -0.461. The summed E-state index contributed by atoms with van der Waals surface area (Å²) < 4.78 is 16.3. The van der Waals surface area contributed by atoms with E-state index in [1.807, 2.05) is 49.4 Å². The standard InChI is InChI=1S/C27H31N5O4/c1-4-35-24-12-8-7-11-23(24)31-13-15-32(16-14-31)26-25(29-21-9-5-6-10-22(21)30-26)20(17-28)27(33)36-19(2)18-34-3/h5-12,19-20H,4,13-16,18H2,1-3H3. The number of fused-ring (bicyclic) bond motifs is 1. The van der Waals surface area contributed by atoms with E-state index in [0.717, 1.165) is 24.5 Å². The minimum absolute atomic E-state index is 0.241. The zero-order valence-electron chi connectivity index (χ0n) is 20.9. The van der Waals surface area contributed by atoms with Crippen molar-refractivity contribution in [3.63, 3.8) is 0 Å². The van der Waals surface area contributed by atoms with Crippen LogP contribution in [-0.2, 0) is 14.3 Å². The fourth-order valence-corrected chi connectivity index (χ4v) is 4.35. The maximum atomic E-state index is 13.0. The second-order valence-electron chi connectivity index (χ2n) is 8.56. The van der Waals surface area contributed by atoms with Crippen molar-refractivity contribution in [2.24, 2.45) is 0 Å². The Morgan fingerprint density at radius 1 is 1.03 bits per heavy atom. The van der Waals surface area contributed by atoms with Crippen LogP contribution in [0.15, 0.2) is 48.5 Å². The van der Waals surface area contributed by atoms with E-state index in [-0.39, 0.29) is 6.61 Å². The lowest BCUT2D eigenvalue weighted by atomic mass is 10.1. The molecule has 1 aromatic heterocycles. The van der Waals surface area contributed by atoms with Crippen molar-refractivity contribution < 1.29 is 19.0 Å². The zero-order chi connectivity index (χ0) is 25.5. The van der Waals surface area contributed by atoms with Gasteiger partial charge >= 0.3 is 5.97 Å². The van der Waals surface area contributed by atoms with Crippen molar-refractivity contribution >= 4 is 28.5 Å². The van der Waals surface area contributed by atoms with E-state index in [1.165, 1.54) is 7.11 Å². The average molecular weight is 490 g/mol. The Bertz CT molecular complexity index is 1240. The molecule has 2 atom stereocenters. The summed E-state index contributed by atoms with van der Waals surface area (Å²) in [5, 5.41) is 9.97. The first-order chi connectivity index (χ1) is 17.5. The Labute approximate surface area is 211 Å². The summed E-state index contributed by atoms with van der Waals surface area (Å²) >= 11 is 0. The lowest BCUT2D eigenvalue weighted by Crippen LogP contribution is -2.47. The van der Waals surface area contributed by atoms with E-state index in [1.54, 1.807) is 6.92 Å². The predicted octanol–water partition coefficient (Wildman–Crippen LogP) is 3.54. The number of nitriles is 1. The molecule has 0 radical (unpaired) electrons. The van der Waals surface area contributed by atoms with Gasteiger partial charge in [0, 0.05) is 33.3 Å². The summed E-state index contributed by atoms with van der Waals surface area (Å²) in [6, 6.07) is 17.6. The highest BCUT2D eigenvalue weighted by molar-refractivity contribution is 5.85. The predicted molar refractivity (Wildman–Crippen MR) is 137 cm³/mol. The summed E-state index contributed by atoms with van der Waals surface area (Å²) in [6.07, 6.45) is -0.482. The van der Waals surface area contributed by atoms with E-state index in [9.17, 15) is 10.1 Å². The molecule has 36 heavy (non-hydrogen) atoms. The third-order valence-electron chi connectivity index (χ3n) is 6.02. The molecule has 0 amide bonds. The highest BCUT2D eigenvalue weighted by Crippen LogP contribution is 2.32. The number of nitrogens with zero attached hydrogens (tertiary/aromatic N) is 5. The van der Waals surface area contributed by atoms with Crippen molar-refractivity contribution in [1.29, 1.82) is 5.26 Å². The van der Waals surface area contributed by atoms with E-state index in [0.29, 0.717) is 42.2 Å². The van der Waals surface area contributed by atoms with Crippen molar-refractivity contribution in [2.75, 3.05) is 56.3 Å². The van der Waals surface area contributed by atoms with Crippen LogP contribution in [0.1, 0.15) is 25.5 Å². The summed E-state index contributed by atoms with van der Waals surface area (Å²) in [5.41, 5.74) is 2.69. The van der Waals surface area contributed by atoms with Gasteiger partial charge in [-0.25, -0.2) is 9.97 Å². The van der Waals surface area contributed by atoms with E-state index in [2.05, 4.69) is 21.9 Å². The fraction of sp³-hybridized carbons (Fsp3) is 0.407. The van der Waals surface area contributed by atoms with Crippen molar-refractivity contribution in [1.82, 2.24) is 9.97 Å². The molecule has 1 saturated heterocycles. The number of hydrogen-bond acceptors (Lipinski definition) is 9. The average Bonchev–Trinajstić information content (AvgIpc) is 2.89. The molecule has 0 bridgehead atoms. The third-order valence-corrected chi connectivity index (χ3v) is 6.02. The maximum absolute atomic E-state index is 13.0. The summed E-state index contributed by atoms with van der Waals surface area (Å²) in [4.78, 5) is 26.9. The quantitative estimate of drug-likeness (QED) is 0.418. The number of aromatic nitrogens is 2. The normalized spacial score (nSPS) is 15.3. The summed E-state index contributed by atoms with van der Waals surface area (Å²) in [6.45, 7) is 7.28. The first-order valence-corrected chi connectivity index (χ1v) is 12.1. The Balaban J connectivity index is 1.62. The van der Waals surface area contributed by atoms with Crippen LogP contribution in [-0.4, -0.2) is 68.5 Å². The summed E-state index contributed by atoms with van der Waals surface area (Å²) in [7, 11) is 1.53. The van der Waals surface area contributed by atoms with Gasteiger partial charge in [-0.1, -0.05) is 24.3 Å². The van der Waals surface area contributed by atoms with Crippen LogP contribution in [0, 0.1) is 11.3 Å². The molecule has 188 valence electrons. The van der Waals surface area contributed by atoms with E-state index >= 15 is 0 Å². The molecule has 2 aromatic carbocycles. The molecule has 1 fully saturated rings. The highest BCUT2D eigenvalue weighted by Gasteiger charge is 2.32. The SMILES string of the molecule is CCOc1ccccc1N1CCN(c2nc3ccccc3nc2C(C#N)C(=O)OC(C)COC)CC1. The monoisotopic (exact) mass is 489 g/mol. The van der Waals surface area contributed by atoms with Gasteiger partial charge in [-0.2, -0.15) is 5.26 Å². The van der Waals surface area contributed by atoms with Gasteiger partial charge in [0.2, 0.25) is 0 Å². The molecule has 9 heteroatoms. The zero-order valence-corrected chi connectivity index (χ0v) is 20.9. The topological polar surface area (TPSA) is 101 Å². The lowest BCUT2D eigenvalue weighted by Gasteiger charge is -2.38. The molecule has 1 aliphatic rings. The molecule has 0 spiro atoms. The van der Waals surface area contributed by atoms with Crippen molar-refractivity contribution in [3.8, 4) is 11.8 Å². The maximum Gasteiger partial charge on any atom is 0.330 e. The molecule has 0 aliphatic carbocycles. The van der Waals surface area contributed by atoms with Gasteiger partial charge in [-0.05, 0) is 38.1 Å². The Hall–Kier alpha value is -3.90. The van der Waals surface area contributed by atoms with Gasteiger partial charge in [-0.3, -0.25) is 4.79 Å². The number of methoxy groups -OCH3 is 1. The van der Waals surface area contributed by atoms with Crippen LogP contribution in [0.25, 0.3) is 11.0 Å². The number of esters is 1. The number of piperazine rings is 1. The third kappa shape index (κ3) is 5.50. The van der Waals surface area contributed by atoms with E-state index in [4.69, 9.17) is 24.2 Å². The number of para-hydroxylation sites is 4. The molecule has 9 nitrogen and oxygen atoms in total. The van der Waals surface area contributed by atoms with Crippen LogP contribution in [0.4, 0.5) is 11.5 Å². The number of hydrogen-bond donors (Lipinski definition) is 0. The first kappa shape index (κ1) is 25.2. The number of ether oxygens (including phenoxy) is 3. The van der Waals surface area contributed by atoms with Crippen LogP contribution in [0.2, 0.25) is 0 Å². The molecule has 4 rings (SSSR count). The molecule has 0 saturated carbocycles. The van der Waals surface area contributed by atoms with Gasteiger partial charge in [0.15, 0.2) is 11.7 Å². The fourth-order valence-electron chi connectivity index (χ4n) is 4.35. The Morgan fingerprint density at radius 2 is 1.67 bits per heavy atom. The Morgan fingerprint density at radius 3 is 2.33 bits per heavy atom. The highest BCUT2D eigenvalue weighted by atomic mass is 16.6. The Kier molecular flexibility index (Phi) is 8.18. The molecular weight excluding hydrogens is 458 g/mol. The second kappa shape index (κ2) is 11.7. The minimum atomic E-state index is -1.20. The van der Waals surface area contributed by atoms with Crippen LogP contribution < -0.4 is 14.5 Å². The van der Waals surface area contributed by atoms with E-state index < -0.39 is 18.0 Å². The smallest absolute Gasteiger partial charge is 0.330 e. The molecule has 3 aromatic rings. The molecular formula is C27H31N5O4. The number of anilines is 2. The molecule has 2 heterocycles. The van der Waals surface area contributed by atoms with Gasteiger partial charge in [0.05, 0.1) is 36.0 Å². The van der Waals surface area contributed by atoms with Crippen LogP contribution >= 0.6 is 0 Å². The van der Waals surface area contributed by atoms with Crippen molar-refractivity contribution in [2.45, 2.75) is 25.9 Å². The van der Waals surface area contributed by atoms with Crippen LogP contribution in [0.3, 0.4) is 0 Å². The molecule has 0 N–H and O–H groups in total. The van der Waals surface area contributed by atoms with Crippen LogP contribution in [0.5, 0.6) is 5.75 Å². The van der Waals surface area contributed by atoms with Gasteiger partial charge < -0.3 is 24.0 Å². The van der Waals surface area contributed by atoms with Gasteiger partial charge in [-0.15, -0.1) is 0 Å².